The van der Waals surface area contributed by atoms with Crippen LogP contribution in [0.1, 0.15) is 6.42 Å². The van der Waals surface area contributed by atoms with E-state index in [4.69, 9.17) is 9.15 Å². The van der Waals surface area contributed by atoms with Gasteiger partial charge < -0.3 is 24.7 Å². The molecule has 1 aromatic heterocycles. The molecule has 0 radical (unpaired) electrons. The number of carbonyl (C=O) groups is 1. The Kier molecular flexibility index (Phi) is 6.09. The van der Waals surface area contributed by atoms with Crippen LogP contribution in [0.25, 0.3) is 11.3 Å². The molecule has 6 nitrogen and oxygen atoms in total. The normalized spacial score (nSPS) is 17.6. The summed E-state index contributed by atoms with van der Waals surface area (Å²) >= 11 is 0. The number of rotatable bonds is 7. The van der Waals surface area contributed by atoms with Gasteiger partial charge in [0.05, 0.1) is 12.9 Å². The molecule has 3 rings (SSSR count). The first-order chi connectivity index (χ1) is 12.2. The van der Waals surface area contributed by atoms with E-state index in [0.29, 0.717) is 12.5 Å². The quantitative estimate of drug-likeness (QED) is 0.811. The van der Waals surface area contributed by atoms with Crippen LogP contribution in [-0.2, 0) is 4.74 Å². The minimum atomic E-state index is -0.174. The fourth-order valence-electron chi connectivity index (χ4n) is 3.11. The van der Waals surface area contributed by atoms with E-state index >= 15 is 0 Å². The fraction of sp³-hybridized carbons (Fsp3) is 0.421. The van der Waals surface area contributed by atoms with Gasteiger partial charge in [0, 0.05) is 38.0 Å². The van der Waals surface area contributed by atoms with Crippen molar-refractivity contribution in [3.05, 3.63) is 42.7 Å². The number of nitrogens with zero attached hydrogens (tertiary/aromatic N) is 1. The summed E-state index contributed by atoms with van der Waals surface area (Å²) in [5.41, 5.74) is 1.69. The molecule has 2 aromatic rings. The third-order valence-corrected chi connectivity index (χ3v) is 4.46. The highest BCUT2D eigenvalue weighted by Crippen LogP contribution is 2.23. The number of furan rings is 1. The van der Waals surface area contributed by atoms with Crippen LogP contribution in [0.4, 0.5) is 10.5 Å². The topological polar surface area (TPSA) is 66.7 Å². The van der Waals surface area contributed by atoms with Crippen molar-refractivity contribution in [1.29, 1.82) is 0 Å². The van der Waals surface area contributed by atoms with Gasteiger partial charge in [0.2, 0.25) is 0 Å². The van der Waals surface area contributed by atoms with Crippen molar-refractivity contribution in [3.63, 3.8) is 0 Å². The second-order valence-electron chi connectivity index (χ2n) is 6.34. The van der Waals surface area contributed by atoms with E-state index in [2.05, 4.69) is 15.5 Å². The summed E-state index contributed by atoms with van der Waals surface area (Å²) in [6.45, 7) is 4.48. The zero-order valence-electron chi connectivity index (χ0n) is 14.5. The highest BCUT2D eigenvalue weighted by molar-refractivity contribution is 5.89. The number of hydrogen-bond acceptors (Lipinski definition) is 4. The predicted octanol–water partition coefficient (Wildman–Crippen LogP) is 3.04. The molecule has 0 bridgehead atoms. The minimum absolute atomic E-state index is 0.174. The molecule has 0 aliphatic carbocycles. The second-order valence-corrected chi connectivity index (χ2v) is 6.34. The van der Waals surface area contributed by atoms with Crippen LogP contribution < -0.4 is 10.6 Å². The van der Waals surface area contributed by atoms with E-state index in [-0.39, 0.29) is 6.03 Å². The average Bonchev–Trinajstić information content (AvgIpc) is 3.30. The summed E-state index contributed by atoms with van der Waals surface area (Å²) in [4.78, 5) is 14.5. The molecule has 1 fully saturated rings. The van der Waals surface area contributed by atoms with Crippen molar-refractivity contribution in [2.24, 2.45) is 5.92 Å². The maximum Gasteiger partial charge on any atom is 0.319 e. The second kappa shape index (κ2) is 8.69. The summed E-state index contributed by atoms with van der Waals surface area (Å²) in [5, 5.41) is 5.86. The van der Waals surface area contributed by atoms with Gasteiger partial charge in [-0.15, -0.1) is 0 Å². The Hall–Kier alpha value is -2.31. The van der Waals surface area contributed by atoms with Gasteiger partial charge in [-0.05, 0) is 43.1 Å². The first-order valence-electron chi connectivity index (χ1n) is 8.64. The molecule has 0 unspecified atom stereocenters. The maximum absolute atomic E-state index is 12.1. The number of ether oxygens (including phenoxy) is 1. The van der Waals surface area contributed by atoms with Gasteiger partial charge in [0.25, 0.3) is 0 Å². The maximum atomic E-state index is 12.1. The van der Waals surface area contributed by atoms with Crippen molar-refractivity contribution in [2.75, 3.05) is 45.2 Å². The Labute approximate surface area is 148 Å². The number of anilines is 1. The van der Waals surface area contributed by atoms with Crippen LogP contribution in [0.2, 0.25) is 0 Å². The monoisotopic (exact) mass is 343 g/mol. The van der Waals surface area contributed by atoms with E-state index in [1.165, 1.54) is 0 Å². The molecule has 1 aliphatic heterocycles. The van der Waals surface area contributed by atoms with E-state index in [1.807, 2.05) is 36.4 Å². The molecular formula is C19H25N3O3. The summed E-state index contributed by atoms with van der Waals surface area (Å²) < 4.78 is 10.5. The molecule has 1 saturated heterocycles. The lowest BCUT2D eigenvalue weighted by Gasteiger charge is -2.16. The lowest BCUT2D eigenvalue weighted by atomic mass is 10.1. The van der Waals surface area contributed by atoms with E-state index < -0.39 is 0 Å². The Morgan fingerprint density at radius 1 is 1.36 bits per heavy atom. The Morgan fingerprint density at radius 2 is 2.28 bits per heavy atom. The van der Waals surface area contributed by atoms with Crippen LogP contribution >= 0.6 is 0 Å². The number of hydrogen-bond donors (Lipinski definition) is 2. The van der Waals surface area contributed by atoms with Crippen LogP contribution in [0.15, 0.2) is 47.1 Å². The SMILES string of the molecule is COCCN1CC[C@@H](CNC(=O)Nc2cccc(-c3ccco3)c2)C1. The third-order valence-electron chi connectivity index (χ3n) is 4.46. The molecule has 134 valence electrons. The zero-order chi connectivity index (χ0) is 17.5. The number of likely N-dealkylation sites (tertiary alicyclic amines) is 1. The lowest BCUT2D eigenvalue weighted by molar-refractivity contribution is 0.159. The largest absolute Gasteiger partial charge is 0.464 e. The highest BCUT2D eigenvalue weighted by atomic mass is 16.5. The van der Waals surface area contributed by atoms with Crippen molar-refractivity contribution in [1.82, 2.24) is 10.2 Å². The Balaban J connectivity index is 1.45. The predicted molar refractivity (Wildman–Crippen MR) is 97.6 cm³/mol. The number of benzene rings is 1. The van der Waals surface area contributed by atoms with Crippen LogP contribution in [0.5, 0.6) is 0 Å². The molecule has 6 heteroatoms. The summed E-state index contributed by atoms with van der Waals surface area (Å²) in [5.74, 6) is 1.28. The Bertz CT molecular complexity index is 672. The number of carbonyl (C=O) groups excluding carboxylic acids is 1. The van der Waals surface area contributed by atoms with Crippen LogP contribution in [0.3, 0.4) is 0 Å². The summed E-state index contributed by atoms with van der Waals surface area (Å²) in [6.07, 6.45) is 2.75. The first kappa shape index (κ1) is 17.5. The van der Waals surface area contributed by atoms with Gasteiger partial charge in [-0.2, -0.15) is 0 Å². The lowest BCUT2D eigenvalue weighted by Crippen LogP contribution is -2.34. The van der Waals surface area contributed by atoms with Crippen molar-refractivity contribution in [2.45, 2.75) is 6.42 Å². The average molecular weight is 343 g/mol. The minimum Gasteiger partial charge on any atom is -0.464 e. The third kappa shape index (κ3) is 5.08. The van der Waals surface area contributed by atoms with Gasteiger partial charge >= 0.3 is 6.03 Å². The molecule has 2 heterocycles. The molecule has 1 atom stereocenters. The number of urea groups is 1. The first-order valence-corrected chi connectivity index (χ1v) is 8.64. The zero-order valence-corrected chi connectivity index (χ0v) is 14.5. The molecule has 25 heavy (non-hydrogen) atoms. The molecule has 1 aliphatic rings. The number of nitrogens with one attached hydrogen (secondary N) is 2. The van der Waals surface area contributed by atoms with Gasteiger partial charge in [-0.25, -0.2) is 4.79 Å². The van der Waals surface area contributed by atoms with E-state index in [9.17, 15) is 4.79 Å². The van der Waals surface area contributed by atoms with Crippen molar-refractivity contribution in [3.8, 4) is 11.3 Å². The summed E-state index contributed by atoms with van der Waals surface area (Å²) in [6, 6.07) is 11.2. The molecule has 0 spiro atoms. The van der Waals surface area contributed by atoms with Crippen LogP contribution in [-0.4, -0.2) is 50.8 Å². The molecule has 2 amide bonds. The molecule has 2 N–H and O–H groups in total. The molecule has 1 aromatic carbocycles. The molecular weight excluding hydrogens is 318 g/mol. The smallest absolute Gasteiger partial charge is 0.319 e. The number of amides is 2. The highest BCUT2D eigenvalue weighted by Gasteiger charge is 2.22. The van der Waals surface area contributed by atoms with Gasteiger partial charge in [0.1, 0.15) is 5.76 Å². The van der Waals surface area contributed by atoms with Gasteiger partial charge in [0.15, 0.2) is 0 Å². The molecule has 0 saturated carbocycles. The van der Waals surface area contributed by atoms with Crippen molar-refractivity contribution < 1.29 is 13.9 Å². The van der Waals surface area contributed by atoms with Gasteiger partial charge in [-0.3, -0.25) is 0 Å². The van der Waals surface area contributed by atoms with Gasteiger partial charge in [-0.1, -0.05) is 12.1 Å². The standard InChI is InChI=1S/C19H25N3O3/c1-24-11-9-22-8-7-15(14-22)13-20-19(23)21-17-5-2-4-16(12-17)18-6-3-10-25-18/h2-6,10,12,15H,7-9,11,13-14H2,1H3,(H2,20,21,23)/t15-/m0/s1. The van der Waals surface area contributed by atoms with E-state index in [1.54, 1.807) is 13.4 Å². The van der Waals surface area contributed by atoms with Crippen molar-refractivity contribution >= 4 is 11.7 Å². The van der Waals surface area contributed by atoms with Crippen LogP contribution in [0, 0.1) is 5.92 Å². The number of methoxy groups -OCH3 is 1. The summed E-state index contributed by atoms with van der Waals surface area (Å²) in [7, 11) is 1.72. The fourth-order valence-corrected chi connectivity index (χ4v) is 3.11. The Morgan fingerprint density at radius 3 is 3.08 bits per heavy atom. The van der Waals surface area contributed by atoms with E-state index in [0.717, 1.165) is 49.7 Å².